The van der Waals surface area contributed by atoms with Gasteiger partial charge in [-0.25, -0.2) is 4.39 Å². The molecule has 2 aliphatic rings. The van der Waals surface area contributed by atoms with Crippen LogP contribution in [0.15, 0.2) is 24.3 Å². The van der Waals surface area contributed by atoms with Gasteiger partial charge in [-0.3, -0.25) is 9.59 Å². The smallest absolute Gasteiger partial charge is 0.240 e. The number of carbonyl (C=O) groups excluding carboxylic acids is 2. The number of anilines is 1. The topological polar surface area (TPSA) is 49.4 Å². The van der Waals surface area contributed by atoms with Crippen molar-refractivity contribution in [1.82, 2.24) is 4.90 Å². The van der Waals surface area contributed by atoms with Gasteiger partial charge in [0.25, 0.3) is 0 Å². The second kappa shape index (κ2) is 5.71. The lowest BCUT2D eigenvalue weighted by molar-refractivity contribution is -0.143. The summed E-state index contributed by atoms with van der Waals surface area (Å²) in [5.74, 6) is -0.470. The molecule has 1 unspecified atom stereocenters. The third-order valence-electron chi connectivity index (χ3n) is 4.66. The number of amides is 2. The van der Waals surface area contributed by atoms with Gasteiger partial charge in [0.2, 0.25) is 11.8 Å². The average molecular weight is 304 g/mol. The zero-order chi connectivity index (χ0) is 15.7. The number of nitrogens with one attached hydrogen (secondary N) is 1. The molecule has 3 rings (SSSR count). The molecule has 4 nitrogen and oxygen atoms in total. The normalized spacial score (nSPS) is 23.0. The van der Waals surface area contributed by atoms with Crippen molar-refractivity contribution >= 4 is 17.5 Å². The van der Waals surface area contributed by atoms with Crippen LogP contribution in [0.4, 0.5) is 10.1 Å². The van der Waals surface area contributed by atoms with E-state index in [0.717, 1.165) is 19.4 Å². The number of nitrogens with zero attached hydrogens (tertiary/aromatic N) is 1. The number of carbonyl (C=O) groups is 2. The fourth-order valence-electron chi connectivity index (χ4n) is 3.14. The van der Waals surface area contributed by atoms with E-state index in [0.29, 0.717) is 25.3 Å². The molecule has 1 atom stereocenters. The first-order chi connectivity index (χ1) is 10.5. The van der Waals surface area contributed by atoms with Gasteiger partial charge in [0.15, 0.2) is 0 Å². The van der Waals surface area contributed by atoms with Crippen LogP contribution < -0.4 is 5.32 Å². The van der Waals surface area contributed by atoms with Gasteiger partial charge in [0, 0.05) is 13.1 Å². The van der Waals surface area contributed by atoms with Crippen LogP contribution in [0.25, 0.3) is 0 Å². The number of rotatable bonds is 3. The van der Waals surface area contributed by atoms with E-state index in [2.05, 4.69) is 12.2 Å². The minimum Gasteiger partial charge on any atom is -0.342 e. The highest BCUT2D eigenvalue weighted by molar-refractivity contribution is 6.13. The molecule has 2 amide bonds. The summed E-state index contributed by atoms with van der Waals surface area (Å²) >= 11 is 0. The molecule has 5 heteroatoms. The number of hydrogen-bond donors (Lipinski definition) is 1. The van der Waals surface area contributed by atoms with Crippen molar-refractivity contribution < 1.29 is 14.0 Å². The summed E-state index contributed by atoms with van der Waals surface area (Å²) in [7, 11) is 0. The second-order valence-electron chi connectivity index (χ2n) is 6.51. The highest BCUT2D eigenvalue weighted by Gasteiger charge is 2.58. The lowest BCUT2D eigenvalue weighted by Crippen LogP contribution is -2.46. The number of para-hydroxylation sites is 1. The predicted octanol–water partition coefficient (Wildman–Crippen LogP) is 2.80. The van der Waals surface area contributed by atoms with E-state index in [1.165, 1.54) is 12.1 Å². The molecular formula is C17H21FN2O2. The first kappa shape index (κ1) is 15.0. The quantitative estimate of drug-likeness (QED) is 0.873. The molecule has 1 aliphatic heterocycles. The molecule has 1 aromatic carbocycles. The van der Waals surface area contributed by atoms with Crippen molar-refractivity contribution in [3.63, 3.8) is 0 Å². The Morgan fingerprint density at radius 2 is 2.05 bits per heavy atom. The highest BCUT2D eigenvalue weighted by Crippen LogP contribution is 2.48. The first-order valence-corrected chi connectivity index (χ1v) is 7.88. The fourth-order valence-corrected chi connectivity index (χ4v) is 3.14. The molecule has 0 spiro atoms. The van der Waals surface area contributed by atoms with Gasteiger partial charge in [-0.15, -0.1) is 0 Å². The summed E-state index contributed by atoms with van der Waals surface area (Å²) in [5, 5.41) is 2.58. The molecule has 22 heavy (non-hydrogen) atoms. The van der Waals surface area contributed by atoms with Crippen LogP contribution in [0.2, 0.25) is 0 Å². The molecule has 1 heterocycles. The molecule has 0 bridgehead atoms. The Morgan fingerprint density at radius 3 is 2.68 bits per heavy atom. The number of likely N-dealkylation sites (tertiary alicyclic amines) is 1. The van der Waals surface area contributed by atoms with Gasteiger partial charge in [0.05, 0.1) is 5.69 Å². The van der Waals surface area contributed by atoms with Crippen LogP contribution in [0, 0.1) is 17.2 Å². The maximum Gasteiger partial charge on any atom is 0.240 e. The van der Waals surface area contributed by atoms with Crippen molar-refractivity contribution in [2.75, 3.05) is 18.4 Å². The lowest BCUT2D eigenvalue weighted by Gasteiger charge is -2.33. The maximum atomic E-state index is 13.7. The van der Waals surface area contributed by atoms with E-state index in [1.54, 1.807) is 12.1 Å². The zero-order valence-electron chi connectivity index (χ0n) is 12.8. The van der Waals surface area contributed by atoms with Gasteiger partial charge in [-0.2, -0.15) is 0 Å². The molecule has 2 fully saturated rings. The van der Waals surface area contributed by atoms with Crippen LogP contribution in [-0.4, -0.2) is 29.8 Å². The molecule has 1 aromatic rings. The number of halogens is 1. The van der Waals surface area contributed by atoms with Gasteiger partial charge in [-0.05, 0) is 43.7 Å². The second-order valence-corrected chi connectivity index (χ2v) is 6.51. The molecule has 1 aliphatic carbocycles. The zero-order valence-corrected chi connectivity index (χ0v) is 12.8. The van der Waals surface area contributed by atoms with Crippen LogP contribution in [0.3, 0.4) is 0 Å². The van der Waals surface area contributed by atoms with E-state index in [-0.39, 0.29) is 17.5 Å². The van der Waals surface area contributed by atoms with Gasteiger partial charge in [-0.1, -0.05) is 19.1 Å². The maximum absolute atomic E-state index is 13.7. The predicted molar refractivity (Wildman–Crippen MR) is 81.7 cm³/mol. The Morgan fingerprint density at radius 1 is 1.32 bits per heavy atom. The minimum atomic E-state index is -0.973. The molecule has 1 N–H and O–H groups in total. The summed E-state index contributed by atoms with van der Waals surface area (Å²) in [5.41, 5.74) is -0.835. The van der Waals surface area contributed by atoms with Crippen molar-refractivity contribution in [3.8, 4) is 0 Å². The third kappa shape index (κ3) is 2.72. The fraction of sp³-hybridized carbons (Fsp3) is 0.529. The Hall–Kier alpha value is -1.91. The van der Waals surface area contributed by atoms with E-state index >= 15 is 0 Å². The standard InChI is InChI=1S/C17H21FN2O2/c1-12-5-4-10-20(11-12)16(22)17(8-9-17)15(21)19-14-7-3-2-6-13(14)18/h2-3,6-7,12H,4-5,8-11H2,1H3,(H,19,21). The summed E-state index contributed by atoms with van der Waals surface area (Å²) in [6, 6.07) is 6.03. The van der Waals surface area contributed by atoms with Gasteiger partial charge >= 0.3 is 0 Å². The third-order valence-corrected chi connectivity index (χ3v) is 4.66. The Balaban J connectivity index is 1.71. The van der Waals surface area contributed by atoms with E-state index in [9.17, 15) is 14.0 Å². The number of benzene rings is 1. The molecular weight excluding hydrogens is 283 g/mol. The van der Waals surface area contributed by atoms with Crippen molar-refractivity contribution in [1.29, 1.82) is 0 Å². The molecule has 0 radical (unpaired) electrons. The van der Waals surface area contributed by atoms with Crippen LogP contribution in [0.5, 0.6) is 0 Å². The van der Waals surface area contributed by atoms with Gasteiger partial charge in [0.1, 0.15) is 11.2 Å². The molecule has 0 aromatic heterocycles. The summed E-state index contributed by atoms with van der Waals surface area (Å²) in [6.07, 6.45) is 3.21. The molecule has 1 saturated carbocycles. The molecule has 118 valence electrons. The van der Waals surface area contributed by atoms with Crippen LogP contribution in [0.1, 0.15) is 32.6 Å². The Labute approximate surface area is 129 Å². The monoisotopic (exact) mass is 304 g/mol. The van der Waals surface area contributed by atoms with E-state index in [1.807, 2.05) is 4.90 Å². The average Bonchev–Trinajstić information content (AvgIpc) is 3.30. The Bertz CT molecular complexity index is 598. The first-order valence-electron chi connectivity index (χ1n) is 7.88. The van der Waals surface area contributed by atoms with Crippen molar-refractivity contribution in [2.24, 2.45) is 11.3 Å². The van der Waals surface area contributed by atoms with Gasteiger partial charge < -0.3 is 10.2 Å². The number of piperidine rings is 1. The van der Waals surface area contributed by atoms with Crippen LogP contribution in [-0.2, 0) is 9.59 Å². The summed E-state index contributed by atoms with van der Waals surface area (Å²) < 4.78 is 13.7. The molecule has 1 saturated heterocycles. The number of hydrogen-bond acceptors (Lipinski definition) is 2. The van der Waals surface area contributed by atoms with E-state index in [4.69, 9.17) is 0 Å². The van der Waals surface area contributed by atoms with E-state index < -0.39 is 11.2 Å². The lowest BCUT2D eigenvalue weighted by atomic mass is 9.96. The van der Waals surface area contributed by atoms with Crippen molar-refractivity contribution in [2.45, 2.75) is 32.6 Å². The van der Waals surface area contributed by atoms with Crippen molar-refractivity contribution in [3.05, 3.63) is 30.1 Å². The largest absolute Gasteiger partial charge is 0.342 e. The summed E-state index contributed by atoms with van der Waals surface area (Å²) in [6.45, 7) is 3.56. The SMILES string of the molecule is CC1CCCN(C(=O)C2(C(=O)Nc3ccccc3F)CC2)C1. The minimum absolute atomic E-state index is 0.0899. The summed E-state index contributed by atoms with van der Waals surface area (Å²) in [4.78, 5) is 27.0. The van der Waals surface area contributed by atoms with Crippen LogP contribution >= 0.6 is 0 Å². The highest BCUT2D eigenvalue weighted by atomic mass is 19.1. The Kier molecular flexibility index (Phi) is 3.89.